The van der Waals surface area contributed by atoms with E-state index in [0.29, 0.717) is 17.2 Å². The molecule has 2 aromatic rings. The molecule has 0 bridgehead atoms. The molecule has 0 amide bonds. The summed E-state index contributed by atoms with van der Waals surface area (Å²) in [6.07, 6.45) is 0. The summed E-state index contributed by atoms with van der Waals surface area (Å²) in [5, 5.41) is 1.80. The third kappa shape index (κ3) is 1.82. The van der Waals surface area contributed by atoms with E-state index in [2.05, 4.69) is 0 Å². The minimum absolute atomic E-state index is 0.603. The quantitative estimate of drug-likeness (QED) is 0.827. The molecule has 4 heteroatoms. The molecule has 0 unspecified atom stereocenters. The molecule has 2 rings (SSSR count). The number of hydrogen-bond donors (Lipinski definition) is 1. The molecule has 0 saturated heterocycles. The normalized spacial score (nSPS) is 10.3. The molecule has 90 valence electrons. The maximum absolute atomic E-state index is 6.02. The lowest BCUT2D eigenvalue weighted by Gasteiger charge is -2.13. The van der Waals surface area contributed by atoms with Crippen LogP contribution in [0.5, 0.6) is 17.2 Å². The molecule has 0 aliphatic heterocycles. The standard InChI is InChI=1S/C13H15NO3/c1-15-8-4-5-9-10(6-8)11(16-2)7-12(17-3)13(9)14/h4-7H,14H2,1-3H3. The molecular formula is C13H15NO3. The summed E-state index contributed by atoms with van der Waals surface area (Å²) >= 11 is 0. The van der Waals surface area contributed by atoms with Gasteiger partial charge in [-0.05, 0) is 18.2 Å². The van der Waals surface area contributed by atoms with Crippen LogP contribution in [0.1, 0.15) is 0 Å². The molecular weight excluding hydrogens is 218 g/mol. The van der Waals surface area contributed by atoms with Crippen molar-refractivity contribution < 1.29 is 14.2 Å². The second-order valence-corrected chi connectivity index (χ2v) is 3.61. The van der Waals surface area contributed by atoms with E-state index in [1.807, 2.05) is 18.2 Å². The molecule has 0 aromatic heterocycles. The van der Waals surface area contributed by atoms with Gasteiger partial charge in [0, 0.05) is 16.8 Å². The van der Waals surface area contributed by atoms with E-state index in [-0.39, 0.29) is 0 Å². The lowest BCUT2D eigenvalue weighted by atomic mass is 10.1. The van der Waals surface area contributed by atoms with Gasteiger partial charge in [0.25, 0.3) is 0 Å². The molecule has 0 fully saturated rings. The highest BCUT2D eigenvalue weighted by atomic mass is 16.5. The van der Waals surface area contributed by atoms with Crippen molar-refractivity contribution in [3.05, 3.63) is 24.3 Å². The Hall–Kier alpha value is -2.10. The number of ether oxygens (including phenoxy) is 3. The van der Waals surface area contributed by atoms with Crippen molar-refractivity contribution in [3.63, 3.8) is 0 Å². The summed E-state index contributed by atoms with van der Waals surface area (Å²) < 4.78 is 15.7. The molecule has 0 atom stereocenters. The predicted molar refractivity (Wildman–Crippen MR) is 68.0 cm³/mol. The van der Waals surface area contributed by atoms with Gasteiger partial charge in [0.15, 0.2) is 0 Å². The highest BCUT2D eigenvalue weighted by molar-refractivity contribution is 6.00. The summed E-state index contributed by atoms with van der Waals surface area (Å²) in [5.41, 5.74) is 6.63. The number of methoxy groups -OCH3 is 3. The van der Waals surface area contributed by atoms with Gasteiger partial charge in [0.05, 0.1) is 27.0 Å². The van der Waals surface area contributed by atoms with Gasteiger partial charge in [-0.2, -0.15) is 0 Å². The fourth-order valence-corrected chi connectivity index (χ4v) is 1.83. The topological polar surface area (TPSA) is 53.7 Å². The van der Waals surface area contributed by atoms with Crippen LogP contribution in [-0.2, 0) is 0 Å². The predicted octanol–water partition coefficient (Wildman–Crippen LogP) is 2.45. The largest absolute Gasteiger partial charge is 0.497 e. The van der Waals surface area contributed by atoms with Crippen molar-refractivity contribution in [1.29, 1.82) is 0 Å². The second-order valence-electron chi connectivity index (χ2n) is 3.61. The Morgan fingerprint density at radius 1 is 0.824 bits per heavy atom. The Kier molecular flexibility index (Phi) is 2.95. The Balaban J connectivity index is 2.79. The van der Waals surface area contributed by atoms with Crippen LogP contribution in [0.25, 0.3) is 10.8 Å². The summed E-state index contributed by atoms with van der Waals surface area (Å²) in [6.45, 7) is 0. The fraction of sp³-hybridized carbons (Fsp3) is 0.231. The Morgan fingerprint density at radius 2 is 1.53 bits per heavy atom. The molecule has 2 N–H and O–H groups in total. The average molecular weight is 233 g/mol. The zero-order valence-corrected chi connectivity index (χ0v) is 10.1. The highest BCUT2D eigenvalue weighted by Crippen LogP contribution is 2.39. The monoisotopic (exact) mass is 233 g/mol. The molecule has 0 radical (unpaired) electrons. The molecule has 0 spiro atoms. The van der Waals surface area contributed by atoms with Crippen LogP contribution in [0.3, 0.4) is 0 Å². The lowest BCUT2D eigenvalue weighted by Crippen LogP contribution is -1.96. The van der Waals surface area contributed by atoms with E-state index in [9.17, 15) is 0 Å². The van der Waals surface area contributed by atoms with Crippen LogP contribution in [0, 0.1) is 0 Å². The van der Waals surface area contributed by atoms with E-state index in [1.165, 1.54) is 0 Å². The maximum atomic E-state index is 6.02. The van der Waals surface area contributed by atoms with Gasteiger partial charge < -0.3 is 19.9 Å². The van der Waals surface area contributed by atoms with Crippen LogP contribution in [0.15, 0.2) is 24.3 Å². The van der Waals surface area contributed by atoms with Crippen LogP contribution in [-0.4, -0.2) is 21.3 Å². The number of anilines is 1. The van der Waals surface area contributed by atoms with Gasteiger partial charge in [-0.1, -0.05) is 0 Å². The first-order chi connectivity index (χ1) is 8.21. The van der Waals surface area contributed by atoms with Crippen molar-refractivity contribution in [3.8, 4) is 17.2 Å². The van der Waals surface area contributed by atoms with Crippen LogP contribution in [0.2, 0.25) is 0 Å². The number of nitrogens with two attached hydrogens (primary N) is 1. The lowest BCUT2D eigenvalue weighted by molar-refractivity contribution is 0.398. The molecule has 4 nitrogen and oxygen atoms in total. The maximum Gasteiger partial charge on any atom is 0.146 e. The van der Waals surface area contributed by atoms with Gasteiger partial charge in [-0.25, -0.2) is 0 Å². The Bertz CT molecular complexity index is 552. The zero-order chi connectivity index (χ0) is 12.4. The average Bonchev–Trinajstić information content (AvgIpc) is 2.39. The van der Waals surface area contributed by atoms with E-state index in [0.717, 1.165) is 16.5 Å². The first-order valence-electron chi connectivity index (χ1n) is 5.19. The third-order valence-electron chi connectivity index (χ3n) is 2.75. The highest BCUT2D eigenvalue weighted by Gasteiger charge is 2.11. The number of benzene rings is 2. The first kappa shape index (κ1) is 11.4. The summed E-state index contributed by atoms with van der Waals surface area (Å²) in [5.74, 6) is 2.09. The van der Waals surface area contributed by atoms with E-state index in [1.54, 1.807) is 27.4 Å². The van der Waals surface area contributed by atoms with Gasteiger partial charge >= 0.3 is 0 Å². The number of fused-ring (bicyclic) bond motifs is 1. The van der Waals surface area contributed by atoms with E-state index >= 15 is 0 Å². The summed E-state index contributed by atoms with van der Waals surface area (Å²) in [4.78, 5) is 0. The van der Waals surface area contributed by atoms with Crippen LogP contribution in [0.4, 0.5) is 5.69 Å². The smallest absolute Gasteiger partial charge is 0.146 e. The summed E-state index contributed by atoms with van der Waals surface area (Å²) in [7, 11) is 4.82. The Labute approximate surface area is 99.9 Å². The minimum atomic E-state index is 0.603. The molecule has 0 heterocycles. The molecule has 0 aliphatic carbocycles. The van der Waals surface area contributed by atoms with Crippen molar-refractivity contribution in [2.75, 3.05) is 27.1 Å². The van der Waals surface area contributed by atoms with Gasteiger partial charge in [-0.3, -0.25) is 0 Å². The number of hydrogen-bond acceptors (Lipinski definition) is 4. The van der Waals surface area contributed by atoms with Gasteiger partial charge in [-0.15, -0.1) is 0 Å². The first-order valence-corrected chi connectivity index (χ1v) is 5.19. The minimum Gasteiger partial charge on any atom is -0.497 e. The molecule has 0 saturated carbocycles. The number of nitrogen functional groups attached to an aromatic ring is 1. The molecule has 0 aliphatic rings. The van der Waals surface area contributed by atoms with Crippen molar-refractivity contribution >= 4 is 16.5 Å². The van der Waals surface area contributed by atoms with Crippen molar-refractivity contribution in [2.45, 2.75) is 0 Å². The molecule has 2 aromatic carbocycles. The second kappa shape index (κ2) is 4.41. The van der Waals surface area contributed by atoms with E-state index in [4.69, 9.17) is 19.9 Å². The van der Waals surface area contributed by atoms with Gasteiger partial charge in [0.2, 0.25) is 0 Å². The van der Waals surface area contributed by atoms with Gasteiger partial charge in [0.1, 0.15) is 17.2 Å². The Morgan fingerprint density at radius 3 is 2.12 bits per heavy atom. The number of rotatable bonds is 3. The summed E-state index contributed by atoms with van der Waals surface area (Å²) in [6, 6.07) is 7.42. The zero-order valence-electron chi connectivity index (χ0n) is 10.1. The van der Waals surface area contributed by atoms with Crippen LogP contribution < -0.4 is 19.9 Å². The third-order valence-corrected chi connectivity index (χ3v) is 2.75. The van der Waals surface area contributed by atoms with E-state index < -0.39 is 0 Å². The van der Waals surface area contributed by atoms with Crippen molar-refractivity contribution in [2.24, 2.45) is 0 Å². The van der Waals surface area contributed by atoms with Crippen molar-refractivity contribution in [1.82, 2.24) is 0 Å². The van der Waals surface area contributed by atoms with Crippen LogP contribution >= 0.6 is 0 Å². The fourth-order valence-electron chi connectivity index (χ4n) is 1.83. The molecule has 17 heavy (non-hydrogen) atoms. The SMILES string of the molecule is COc1ccc2c(N)c(OC)cc(OC)c2c1.